The number of anilines is 4. The number of hydrogen-bond donors (Lipinski definition) is 3. The third kappa shape index (κ3) is 5.09. The van der Waals surface area contributed by atoms with Gasteiger partial charge in [-0.05, 0) is 63.9 Å². The van der Waals surface area contributed by atoms with Crippen molar-refractivity contribution in [3.63, 3.8) is 0 Å². The van der Waals surface area contributed by atoms with Gasteiger partial charge in [-0.15, -0.1) is 0 Å². The van der Waals surface area contributed by atoms with Gasteiger partial charge in [0.1, 0.15) is 11.9 Å². The molecule has 2 amide bonds. The van der Waals surface area contributed by atoms with Gasteiger partial charge in [-0.1, -0.05) is 18.9 Å². The number of piperazine rings is 1. The molecule has 1 aromatic heterocycles. The summed E-state index contributed by atoms with van der Waals surface area (Å²) in [5, 5.41) is 9.85. The Morgan fingerprint density at radius 3 is 2.53 bits per heavy atom. The van der Waals surface area contributed by atoms with E-state index in [1.165, 1.54) is 25.7 Å². The van der Waals surface area contributed by atoms with E-state index in [9.17, 15) is 9.59 Å². The predicted molar refractivity (Wildman–Crippen MR) is 150 cm³/mol. The number of pyridine rings is 1. The quantitative estimate of drug-likeness (QED) is 0.560. The first-order valence-corrected chi connectivity index (χ1v) is 14.3. The van der Waals surface area contributed by atoms with Crippen LogP contribution < -0.4 is 20.9 Å². The molecule has 38 heavy (non-hydrogen) atoms. The van der Waals surface area contributed by atoms with Crippen LogP contribution in [-0.4, -0.2) is 84.0 Å². The van der Waals surface area contributed by atoms with Gasteiger partial charge in [-0.2, -0.15) is 0 Å². The molecule has 3 N–H and O–H groups in total. The molecule has 2 aromatic rings. The number of hydrogen-bond acceptors (Lipinski definition) is 7. The van der Waals surface area contributed by atoms with Gasteiger partial charge in [0.25, 0.3) is 5.91 Å². The lowest BCUT2D eigenvalue weighted by molar-refractivity contribution is -0.117. The molecule has 2 saturated heterocycles. The van der Waals surface area contributed by atoms with Crippen LogP contribution in [0.5, 0.6) is 0 Å². The summed E-state index contributed by atoms with van der Waals surface area (Å²) in [5.74, 6) is 0.811. The van der Waals surface area contributed by atoms with Gasteiger partial charge in [-0.3, -0.25) is 14.5 Å². The number of piperidine rings is 1. The Bertz CT molecular complexity index is 1170. The van der Waals surface area contributed by atoms with Gasteiger partial charge >= 0.3 is 0 Å². The first kappa shape index (κ1) is 25.1. The third-order valence-electron chi connectivity index (χ3n) is 8.74. The minimum atomic E-state index is -0.211. The molecule has 6 rings (SSSR count). The summed E-state index contributed by atoms with van der Waals surface area (Å²) in [5.41, 5.74) is 3.30. The molecule has 1 unspecified atom stereocenters. The van der Waals surface area contributed by atoms with Crippen molar-refractivity contribution in [2.75, 3.05) is 54.8 Å². The Morgan fingerprint density at radius 1 is 1.00 bits per heavy atom. The third-order valence-corrected chi connectivity index (χ3v) is 8.74. The molecule has 1 aliphatic carbocycles. The predicted octanol–water partition coefficient (Wildman–Crippen LogP) is 3.42. The molecule has 0 spiro atoms. The van der Waals surface area contributed by atoms with Crippen LogP contribution >= 0.6 is 0 Å². The number of benzene rings is 1. The molecule has 4 aliphatic rings. The maximum atomic E-state index is 13.3. The van der Waals surface area contributed by atoms with Gasteiger partial charge in [-0.25, -0.2) is 4.98 Å². The van der Waals surface area contributed by atoms with E-state index >= 15 is 0 Å². The van der Waals surface area contributed by atoms with Gasteiger partial charge in [0, 0.05) is 55.6 Å². The molecule has 9 heteroatoms. The topological polar surface area (TPSA) is 92.8 Å². The van der Waals surface area contributed by atoms with Crippen LogP contribution in [0.3, 0.4) is 0 Å². The molecule has 202 valence electrons. The van der Waals surface area contributed by atoms with Crippen LogP contribution in [0.1, 0.15) is 55.8 Å². The Balaban J connectivity index is 1.14. The summed E-state index contributed by atoms with van der Waals surface area (Å²) in [6.45, 7) is 7.59. The summed E-state index contributed by atoms with van der Waals surface area (Å²) in [6, 6.07) is 10.5. The van der Waals surface area contributed by atoms with Crippen LogP contribution in [-0.2, 0) is 4.79 Å². The summed E-state index contributed by atoms with van der Waals surface area (Å²) >= 11 is 0. The lowest BCUT2D eigenvalue weighted by Gasteiger charge is -2.41. The van der Waals surface area contributed by atoms with E-state index in [4.69, 9.17) is 0 Å². The van der Waals surface area contributed by atoms with Crippen LogP contribution in [0.2, 0.25) is 0 Å². The molecular formula is C29H39N7O2. The molecule has 4 heterocycles. The number of nitrogens with one attached hydrogen (secondary N) is 3. The summed E-state index contributed by atoms with van der Waals surface area (Å²) in [6.07, 6.45) is 8.76. The van der Waals surface area contributed by atoms with Crippen LogP contribution in [0, 0.1) is 0 Å². The van der Waals surface area contributed by atoms with Crippen molar-refractivity contribution >= 4 is 34.7 Å². The van der Waals surface area contributed by atoms with Crippen LogP contribution in [0.15, 0.2) is 36.5 Å². The molecule has 1 atom stereocenters. The van der Waals surface area contributed by atoms with E-state index in [1.807, 2.05) is 42.2 Å². The van der Waals surface area contributed by atoms with Crippen LogP contribution in [0.4, 0.5) is 22.9 Å². The molecule has 9 nitrogen and oxygen atoms in total. The van der Waals surface area contributed by atoms with Gasteiger partial charge in [0.2, 0.25) is 5.91 Å². The highest BCUT2D eigenvalue weighted by atomic mass is 16.2. The number of carbonyl (C=O) groups excluding carboxylic acids is 2. The van der Waals surface area contributed by atoms with Crippen molar-refractivity contribution in [3.05, 3.63) is 42.1 Å². The van der Waals surface area contributed by atoms with Crippen molar-refractivity contribution in [1.82, 2.24) is 20.1 Å². The van der Waals surface area contributed by atoms with E-state index in [0.717, 1.165) is 69.2 Å². The van der Waals surface area contributed by atoms with E-state index in [0.29, 0.717) is 23.5 Å². The molecule has 3 aliphatic heterocycles. The Hall–Kier alpha value is -3.17. The molecule has 3 fully saturated rings. The molecule has 0 bridgehead atoms. The van der Waals surface area contributed by atoms with E-state index in [2.05, 4.69) is 30.7 Å². The fourth-order valence-electron chi connectivity index (χ4n) is 6.61. The monoisotopic (exact) mass is 517 g/mol. The summed E-state index contributed by atoms with van der Waals surface area (Å²) in [4.78, 5) is 37.3. The number of aromatic nitrogens is 1. The number of amides is 2. The fourth-order valence-corrected chi connectivity index (χ4v) is 6.61. The Morgan fingerprint density at radius 2 is 1.76 bits per heavy atom. The number of carbonyl (C=O) groups is 2. The number of nitrogens with zero attached hydrogens (tertiary/aromatic N) is 4. The van der Waals surface area contributed by atoms with Gasteiger partial charge in [0.15, 0.2) is 0 Å². The number of rotatable bonds is 5. The van der Waals surface area contributed by atoms with E-state index < -0.39 is 0 Å². The highest BCUT2D eigenvalue weighted by molar-refractivity contribution is 6.03. The normalized spacial score (nSPS) is 23.3. The zero-order valence-corrected chi connectivity index (χ0v) is 22.3. The molecule has 0 radical (unpaired) electrons. The Labute approximate surface area is 225 Å². The first-order valence-electron chi connectivity index (χ1n) is 14.3. The van der Waals surface area contributed by atoms with Crippen molar-refractivity contribution in [1.29, 1.82) is 0 Å². The Kier molecular flexibility index (Phi) is 7.21. The smallest absolute Gasteiger partial charge is 0.254 e. The summed E-state index contributed by atoms with van der Waals surface area (Å²) in [7, 11) is 0. The second kappa shape index (κ2) is 10.9. The maximum absolute atomic E-state index is 13.3. The van der Waals surface area contributed by atoms with Crippen molar-refractivity contribution < 1.29 is 9.59 Å². The standard InChI is InChI=1S/C29H39N7O2/c1-20-28(37)33-25-19-31-27(18-26(25)36(20)24-7-2-3-8-24)32-22-6-4-5-21(17-22)29(38)35-15-13-34(14-16-35)23-9-11-30-12-10-23/h4-6,17-20,23-24,30H,2-3,7-16H2,1H3,(H,31,32)(H,33,37). The highest BCUT2D eigenvalue weighted by Crippen LogP contribution is 2.39. The zero-order chi connectivity index (χ0) is 26.1. The average Bonchev–Trinajstić information content (AvgIpc) is 3.49. The minimum Gasteiger partial charge on any atom is -0.355 e. The van der Waals surface area contributed by atoms with Gasteiger partial charge < -0.3 is 25.8 Å². The average molecular weight is 518 g/mol. The highest BCUT2D eigenvalue weighted by Gasteiger charge is 2.36. The lowest BCUT2D eigenvalue weighted by Crippen LogP contribution is -2.53. The largest absolute Gasteiger partial charge is 0.355 e. The fraction of sp³-hybridized carbons (Fsp3) is 0.552. The lowest BCUT2D eigenvalue weighted by atomic mass is 10.0. The first-order chi connectivity index (χ1) is 18.6. The maximum Gasteiger partial charge on any atom is 0.254 e. The van der Waals surface area contributed by atoms with Gasteiger partial charge in [0.05, 0.1) is 17.6 Å². The number of fused-ring (bicyclic) bond motifs is 1. The van der Waals surface area contributed by atoms with E-state index in [1.54, 1.807) is 6.20 Å². The van der Waals surface area contributed by atoms with Crippen LogP contribution in [0.25, 0.3) is 0 Å². The van der Waals surface area contributed by atoms with Crippen molar-refractivity contribution in [2.45, 2.75) is 63.6 Å². The molecule has 1 saturated carbocycles. The van der Waals surface area contributed by atoms with Crippen molar-refractivity contribution in [2.24, 2.45) is 0 Å². The van der Waals surface area contributed by atoms with E-state index in [-0.39, 0.29) is 17.9 Å². The second-order valence-corrected chi connectivity index (χ2v) is 11.1. The molecule has 1 aromatic carbocycles. The zero-order valence-electron chi connectivity index (χ0n) is 22.3. The minimum absolute atomic E-state index is 0.0229. The second-order valence-electron chi connectivity index (χ2n) is 11.1. The summed E-state index contributed by atoms with van der Waals surface area (Å²) < 4.78 is 0. The molecular weight excluding hydrogens is 478 g/mol. The SMILES string of the molecule is CC1C(=O)Nc2cnc(Nc3cccc(C(=O)N4CCN(C5CCNCC5)CC4)c3)cc2N1C1CCCC1. The van der Waals surface area contributed by atoms with Crippen molar-refractivity contribution in [3.8, 4) is 0 Å².